The molecule has 1 aromatic rings. The van der Waals surface area contributed by atoms with Crippen LogP contribution in [0.4, 0.5) is 10.2 Å². The summed E-state index contributed by atoms with van der Waals surface area (Å²) in [6.45, 7) is 11.3. The Bertz CT molecular complexity index is 454. The molecule has 1 aliphatic rings. The SMILES string of the molecule is CC1CCCN(c2ncc(F)cc2CNC(C)(C)C)C1. The Morgan fingerprint density at radius 2 is 2.20 bits per heavy atom. The van der Waals surface area contributed by atoms with E-state index in [9.17, 15) is 4.39 Å². The summed E-state index contributed by atoms with van der Waals surface area (Å²) in [5, 5.41) is 3.42. The van der Waals surface area contributed by atoms with Crippen LogP contribution in [0, 0.1) is 11.7 Å². The van der Waals surface area contributed by atoms with E-state index in [-0.39, 0.29) is 11.4 Å². The van der Waals surface area contributed by atoms with Gasteiger partial charge in [-0.25, -0.2) is 9.37 Å². The maximum absolute atomic E-state index is 13.5. The summed E-state index contributed by atoms with van der Waals surface area (Å²) in [6.07, 6.45) is 3.79. The number of aromatic nitrogens is 1. The molecule has 0 amide bonds. The molecular weight excluding hydrogens is 253 g/mol. The largest absolute Gasteiger partial charge is 0.356 e. The molecule has 0 aromatic carbocycles. The maximum Gasteiger partial charge on any atom is 0.141 e. The van der Waals surface area contributed by atoms with Crippen LogP contribution in [-0.4, -0.2) is 23.6 Å². The summed E-state index contributed by atoms with van der Waals surface area (Å²) in [6, 6.07) is 1.61. The number of halogens is 1. The van der Waals surface area contributed by atoms with Gasteiger partial charge in [-0.1, -0.05) is 6.92 Å². The van der Waals surface area contributed by atoms with Gasteiger partial charge in [-0.05, 0) is 45.6 Å². The topological polar surface area (TPSA) is 28.2 Å². The number of pyridine rings is 1. The van der Waals surface area contributed by atoms with Crippen molar-refractivity contribution in [2.45, 2.75) is 52.6 Å². The first kappa shape index (κ1) is 15.2. The Balaban J connectivity index is 2.18. The third kappa shape index (κ3) is 4.17. The van der Waals surface area contributed by atoms with Gasteiger partial charge in [0.1, 0.15) is 11.6 Å². The van der Waals surface area contributed by atoms with E-state index in [2.05, 4.69) is 42.9 Å². The molecule has 4 heteroatoms. The molecule has 1 atom stereocenters. The minimum Gasteiger partial charge on any atom is -0.356 e. The molecule has 20 heavy (non-hydrogen) atoms. The van der Waals surface area contributed by atoms with Crippen molar-refractivity contribution in [3.05, 3.63) is 23.6 Å². The average molecular weight is 279 g/mol. The molecule has 1 unspecified atom stereocenters. The second-order valence-electron chi connectivity index (χ2n) is 6.93. The lowest BCUT2D eigenvalue weighted by Gasteiger charge is -2.33. The van der Waals surface area contributed by atoms with Crippen molar-refractivity contribution in [3.8, 4) is 0 Å². The van der Waals surface area contributed by atoms with Crippen LogP contribution in [0.25, 0.3) is 0 Å². The first-order valence-corrected chi connectivity index (χ1v) is 7.49. The van der Waals surface area contributed by atoms with E-state index in [4.69, 9.17) is 0 Å². The standard InChI is InChI=1S/C16H26FN3/c1-12-6-5-7-20(11-12)15-13(8-14(17)10-18-15)9-19-16(2,3)4/h8,10,12,19H,5-7,9,11H2,1-4H3. The van der Waals surface area contributed by atoms with Crippen molar-refractivity contribution in [2.75, 3.05) is 18.0 Å². The Hall–Kier alpha value is -1.16. The van der Waals surface area contributed by atoms with Crippen molar-refractivity contribution >= 4 is 5.82 Å². The third-order valence-electron chi connectivity index (χ3n) is 3.68. The molecule has 1 fully saturated rings. The normalized spacial score (nSPS) is 20.2. The number of hydrogen-bond acceptors (Lipinski definition) is 3. The van der Waals surface area contributed by atoms with Gasteiger partial charge in [-0.15, -0.1) is 0 Å². The van der Waals surface area contributed by atoms with E-state index < -0.39 is 0 Å². The summed E-state index contributed by atoms with van der Waals surface area (Å²) in [5.74, 6) is 1.36. The zero-order valence-electron chi connectivity index (χ0n) is 13.0. The molecule has 0 aliphatic carbocycles. The summed E-state index contributed by atoms with van der Waals surface area (Å²) in [4.78, 5) is 6.65. The highest BCUT2D eigenvalue weighted by atomic mass is 19.1. The molecule has 1 aliphatic heterocycles. The average Bonchev–Trinajstić information content (AvgIpc) is 2.35. The highest BCUT2D eigenvalue weighted by Crippen LogP contribution is 2.25. The monoisotopic (exact) mass is 279 g/mol. The molecule has 112 valence electrons. The first-order chi connectivity index (χ1) is 9.35. The van der Waals surface area contributed by atoms with Crippen molar-refractivity contribution in [1.29, 1.82) is 0 Å². The molecule has 2 rings (SSSR count). The van der Waals surface area contributed by atoms with Gasteiger partial charge >= 0.3 is 0 Å². The van der Waals surface area contributed by atoms with E-state index in [1.165, 1.54) is 19.0 Å². The number of nitrogens with zero attached hydrogens (tertiary/aromatic N) is 2. The van der Waals surface area contributed by atoms with E-state index in [1.807, 2.05) is 0 Å². The second-order valence-corrected chi connectivity index (χ2v) is 6.93. The van der Waals surface area contributed by atoms with Crippen molar-refractivity contribution in [3.63, 3.8) is 0 Å². The molecule has 2 heterocycles. The Kier molecular flexibility index (Phi) is 4.63. The smallest absolute Gasteiger partial charge is 0.141 e. The molecule has 1 N–H and O–H groups in total. The second kappa shape index (κ2) is 6.08. The molecule has 1 saturated heterocycles. The summed E-state index contributed by atoms with van der Waals surface area (Å²) < 4.78 is 13.5. The van der Waals surface area contributed by atoms with Crippen LogP contribution >= 0.6 is 0 Å². The number of rotatable bonds is 3. The van der Waals surface area contributed by atoms with E-state index >= 15 is 0 Å². The molecule has 0 spiro atoms. The lowest BCUT2D eigenvalue weighted by Crippen LogP contribution is -2.38. The van der Waals surface area contributed by atoms with Crippen LogP contribution in [0.15, 0.2) is 12.3 Å². The van der Waals surface area contributed by atoms with Gasteiger partial charge < -0.3 is 10.2 Å². The fourth-order valence-corrected chi connectivity index (χ4v) is 2.63. The van der Waals surface area contributed by atoms with Crippen molar-refractivity contribution in [2.24, 2.45) is 5.92 Å². The Morgan fingerprint density at radius 1 is 1.45 bits per heavy atom. The van der Waals surface area contributed by atoms with Gasteiger partial charge in [0.15, 0.2) is 0 Å². The number of piperidine rings is 1. The molecule has 1 aromatic heterocycles. The first-order valence-electron chi connectivity index (χ1n) is 7.49. The lowest BCUT2D eigenvalue weighted by atomic mass is 10.00. The fraction of sp³-hybridized carbons (Fsp3) is 0.688. The van der Waals surface area contributed by atoms with E-state index in [0.29, 0.717) is 12.5 Å². The number of nitrogens with one attached hydrogen (secondary N) is 1. The Labute approximate surface area is 121 Å². The summed E-state index contributed by atoms with van der Waals surface area (Å²) in [7, 11) is 0. The van der Waals surface area contributed by atoms with Crippen LogP contribution in [0.1, 0.15) is 46.1 Å². The van der Waals surface area contributed by atoms with Crippen LogP contribution in [0.5, 0.6) is 0 Å². The van der Waals surface area contributed by atoms with Gasteiger partial charge in [-0.2, -0.15) is 0 Å². The quantitative estimate of drug-likeness (QED) is 0.919. The molecule has 0 bridgehead atoms. The van der Waals surface area contributed by atoms with Crippen LogP contribution in [0.3, 0.4) is 0 Å². The van der Waals surface area contributed by atoms with Gasteiger partial charge in [-0.3, -0.25) is 0 Å². The van der Waals surface area contributed by atoms with Gasteiger partial charge in [0.05, 0.1) is 6.20 Å². The van der Waals surface area contributed by atoms with E-state index in [0.717, 1.165) is 24.5 Å². The maximum atomic E-state index is 13.5. The van der Waals surface area contributed by atoms with Crippen LogP contribution < -0.4 is 10.2 Å². The molecule has 0 saturated carbocycles. The highest BCUT2D eigenvalue weighted by Gasteiger charge is 2.21. The predicted molar refractivity (Wildman–Crippen MR) is 81.4 cm³/mol. The molecule has 3 nitrogen and oxygen atoms in total. The minimum atomic E-state index is -0.260. The zero-order valence-corrected chi connectivity index (χ0v) is 13.0. The van der Waals surface area contributed by atoms with Crippen molar-refractivity contribution < 1.29 is 4.39 Å². The lowest BCUT2D eigenvalue weighted by molar-refractivity contribution is 0.419. The molecular formula is C16H26FN3. The van der Waals surface area contributed by atoms with Gasteiger partial charge in [0.2, 0.25) is 0 Å². The molecule has 0 radical (unpaired) electrons. The van der Waals surface area contributed by atoms with E-state index in [1.54, 1.807) is 6.07 Å². The zero-order chi connectivity index (χ0) is 14.8. The summed E-state index contributed by atoms with van der Waals surface area (Å²) >= 11 is 0. The predicted octanol–water partition coefficient (Wildman–Crippen LogP) is 3.35. The third-order valence-corrected chi connectivity index (χ3v) is 3.68. The van der Waals surface area contributed by atoms with Crippen molar-refractivity contribution in [1.82, 2.24) is 10.3 Å². The van der Waals surface area contributed by atoms with Crippen LogP contribution in [-0.2, 0) is 6.54 Å². The number of anilines is 1. The minimum absolute atomic E-state index is 0.0127. The summed E-state index contributed by atoms with van der Waals surface area (Å²) in [5.41, 5.74) is 0.965. The highest BCUT2D eigenvalue weighted by molar-refractivity contribution is 5.47. The Morgan fingerprint density at radius 3 is 2.85 bits per heavy atom. The fourth-order valence-electron chi connectivity index (χ4n) is 2.63. The van der Waals surface area contributed by atoms with Crippen LogP contribution in [0.2, 0.25) is 0 Å². The van der Waals surface area contributed by atoms with Gasteiger partial charge in [0, 0.05) is 30.7 Å². The number of hydrogen-bond donors (Lipinski definition) is 1. The van der Waals surface area contributed by atoms with Gasteiger partial charge in [0.25, 0.3) is 0 Å².